The number of carbonyl (C=O) groups excluding carboxylic acids is 2. The fraction of sp³-hybridized carbons (Fsp3) is 0.533. The van der Waals surface area contributed by atoms with Gasteiger partial charge in [0.25, 0.3) is 0 Å². The quantitative estimate of drug-likeness (QED) is 0.435. The van der Waals surface area contributed by atoms with E-state index in [9.17, 15) is 14.7 Å². The molecule has 3 atom stereocenters. The number of carbonyl (C=O) groups is 2. The second kappa shape index (κ2) is 12.7. The highest BCUT2D eigenvalue weighted by Gasteiger charge is 2.42. The second-order valence-electron chi connectivity index (χ2n) is 10.7. The van der Waals surface area contributed by atoms with Gasteiger partial charge in [-0.1, -0.05) is 54.6 Å². The number of amides is 2. The summed E-state index contributed by atoms with van der Waals surface area (Å²) in [5.74, 6) is -0.280. The molecule has 7 heteroatoms. The number of ether oxygens (including phenoxy) is 1. The van der Waals surface area contributed by atoms with Crippen LogP contribution in [0.3, 0.4) is 0 Å². The third-order valence-corrected chi connectivity index (χ3v) is 7.78. The lowest BCUT2D eigenvalue weighted by atomic mass is 9.74. The number of hydrogen-bond donors (Lipinski definition) is 3. The molecule has 0 saturated carbocycles. The Morgan fingerprint density at radius 3 is 2.46 bits per heavy atom. The Balaban J connectivity index is 1.36. The average molecular weight is 508 g/mol. The van der Waals surface area contributed by atoms with E-state index in [0.717, 1.165) is 31.2 Å². The fourth-order valence-corrected chi connectivity index (χ4v) is 5.68. The third kappa shape index (κ3) is 7.18. The number of aryl methyl sites for hydroxylation is 1. The highest BCUT2D eigenvalue weighted by molar-refractivity contribution is 5.88. The summed E-state index contributed by atoms with van der Waals surface area (Å²) in [5.41, 5.74) is 4.09. The molecule has 1 heterocycles. The van der Waals surface area contributed by atoms with Crippen molar-refractivity contribution >= 4 is 11.8 Å². The number of hydrogen-bond acceptors (Lipinski definition) is 5. The van der Waals surface area contributed by atoms with Crippen LogP contribution in [-0.4, -0.2) is 66.2 Å². The van der Waals surface area contributed by atoms with Gasteiger partial charge in [0.2, 0.25) is 11.8 Å². The van der Waals surface area contributed by atoms with Crippen LogP contribution in [0.15, 0.2) is 54.6 Å². The van der Waals surface area contributed by atoms with E-state index in [0.29, 0.717) is 26.2 Å². The Hall–Kier alpha value is -2.74. The van der Waals surface area contributed by atoms with Crippen molar-refractivity contribution in [2.75, 3.05) is 26.2 Å². The maximum Gasteiger partial charge on any atom is 0.247 e. The molecule has 2 amide bonds. The standard InChI is InChI=1S/C30H41N3O4/c1-22(31-19-23(2)34)18-28(35)32-27(21-37-20-24-8-4-3-5-9-24)29(36)33-16-14-30(15-17-33)13-12-25-10-6-7-11-26(25)30/h3-11,22-23,27,31,34H,12-21H2,1-2H3,(H,32,35). The van der Waals surface area contributed by atoms with Gasteiger partial charge in [-0.25, -0.2) is 0 Å². The summed E-state index contributed by atoms with van der Waals surface area (Å²) in [4.78, 5) is 28.3. The number of fused-ring (bicyclic) bond motifs is 2. The highest BCUT2D eigenvalue weighted by Crippen LogP contribution is 2.46. The van der Waals surface area contributed by atoms with E-state index in [1.54, 1.807) is 6.92 Å². The lowest BCUT2D eigenvalue weighted by Gasteiger charge is -2.41. The van der Waals surface area contributed by atoms with Gasteiger partial charge in [-0.15, -0.1) is 0 Å². The molecule has 1 fully saturated rings. The number of aliphatic hydroxyl groups is 1. The van der Waals surface area contributed by atoms with Crippen LogP contribution >= 0.6 is 0 Å². The van der Waals surface area contributed by atoms with E-state index >= 15 is 0 Å². The Morgan fingerprint density at radius 1 is 1.03 bits per heavy atom. The molecule has 0 aromatic heterocycles. The molecule has 0 radical (unpaired) electrons. The Bertz CT molecular complexity index is 1030. The molecule has 2 aromatic rings. The predicted molar refractivity (Wildman–Crippen MR) is 144 cm³/mol. The lowest BCUT2D eigenvalue weighted by Crippen LogP contribution is -2.54. The molecule has 200 valence electrons. The zero-order valence-electron chi connectivity index (χ0n) is 22.1. The van der Waals surface area contributed by atoms with Crippen LogP contribution in [0.2, 0.25) is 0 Å². The maximum absolute atomic E-state index is 13.6. The van der Waals surface area contributed by atoms with Crippen LogP contribution in [0.25, 0.3) is 0 Å². The molecular formula is C30H41N3O4. The molecule has 3 unspecified atom stereocenters. The van der Waals surface area contributed by atoms with Crippen molar-refractivity contribution in [2.24, 2.45) is 0 Å². The van der Waals surface area contributed by atoms with E-state index in [-0.39, 0.29) is 36.3 Å². The minimum Gasteiger partial charge on any atom is -0.392 e. The van der Waals surface area contributed by atoms with Gasteiger partial charge in [0.05, 0.1) is 19.3 Å². The van der Waals surface area contributed by atoms with Crippen molar-refractivity contribution in [3.05, 3.63) is 71.3 Å². The Labute approximate surface area is 220 Å². The summed E-state index contributed by atoms with van der Waals surface area (Å²) in [6.45, 7) is 5.89. The number of nitrogens with one attached hydrogen (secondary N) is 2. The van der Waals surface area contributed by atoms with Gasteiger partial charge in [0.15, 0.2) is 0 Å². The minimum absolute atomic E-state index is 0.0767. The van der Waals surface area contributed by atoms with Crippen LogP contribution in [0.1, 0.15) is 56.2 Å². The molecule has 1 aliphatic heterocycles. The zero-order chi connectivity index (χ0) is 26.3. The van der Waals surface area contributed by atoms with Gasteiger partial charge in [-0.2, -0.15) is 0 Å². The van der Waals surface area contributed by atoms with Crippen molar-refractivity contribution in [3.8, 4) is 0 Å². The molecular weight excluding hydrogens is 466 g/mol. The average Bonchev–Trinajstić information content (AvgIpc) is 3.25. The van der Waals surface area contributed by atoms with Crippen LogP contribution < -0.4 is 10.6 Å². The van der Waals surface area contributed by atoms with Crippen molar-refractivity contribution in [2.45, 2.75) is 76.2 Å². The van der Waals surface area contributed by atoms with Gasteiger partial charge in [-0.3, -0.25) is 9.59 Å². The van der Waals surface area contributed by atoms with Gasteiger partial charge in [0.1, 0.15) is 6.04 Å². The molecule has 1 spiro atoms. The summed E-state index contributed by atoms with van der Waals surface area (Å²) in [5, 5.41) is 15.6. The Kier molecular flexibility index (Phi) is 9.35. The summed E-state index contributed by atoms with van der Waals surface area (Å²) in [6, 6.07) is 17.7. The van der Waals surface area contributed by atoms with E-state index in [1.807, 2.05) is 42.2 Å². The number of rotatable bonds is 11. The molecule has 2 aliphatic rings. The molecule has 0 bridgehead atoms. The summed E-state index contributed by atoms with van der Waals surface area (Å²) in [6.07, 6.45) is 3.88. The SMILES string of the molecule is CC(O)CNC(C)CC(=O)NC(COCc1ccccc1)C(=O)N1CCC2(CCc3ccccc32)CC1. The number of likely N-dealkylation sites (tertiary alicyclic amines) is 1. The van der Waals surface area contributed by atoms with Crippen LogP contribution in [0.4, 0.5) is 0 Å². The first-order valence-electron chi connectivity index (χ1n) is 13.6. The monoisotopic (exact) mass is 507 g/mol. The first kappa shape index (κ1) is 27.3. The van der Waals surface area contributed by atoms with Crippen molar-refractivity contribution < 1.29 is 19.4 Å². The molecule has 37 heavy (non-hydrogen) atoms. The van der Waals surface area contributed by atoms with Gasteiger partial charge in [0, 0.05) is 32.1 Å². The van der Waals surface area contributed by atoms with E-state index in [4.69, 9.17) is 4.74 Å². The van der Waals surface area contributed by atoms with E-state index in [2.05, 4.69) is 34.9 Å². The Morgan fingerprint density at radius 2 is 1.73 bits per heavy atom. The molecule has 1 saturated heterocycles. The minimum atomic E-state index is -0.731. The number of nitrogens with zero attached hydrogens (tertiary/aromatic N) is 1. The summed E-state index contributed by atoms with van der Waals surface area (Å²) >= 11 is 0. The topological polar surface area (TPSA) is 90.9 Å². The molecule has 3 N–H and O–H groups in total. The van der Waals surface area contributed by atoms with Crippen molar-refractivity contribution in [1.29, 1.82) is 0 Å². The molecule has 4 rings (SSSR count). The van der Waals surface area contributed by atoms with Crippen LogP contribution in [-0.2, 0) is 32.8 Å². The first-order chi connectivity index (χ1) is 17.9. The highest BCUT2D eigenvalue weighted by atomic mass is 16.5. The normalized spacial score (nSPS) is 18.7. The second-order valence-corrected chi connectivity index (χ2v) is 10.7. The zero-order valence-corrected chi connectivity index (χ0v) is 22.1. The van der Waals surface area contributed by atoms with Gasteiger partial charge >= 0.3 is 0 Å². The van der Waals surface area contributed by atoms with Crippen molar-refractivity contribution in [1.82, 2.24) is 15.5 Å². The van der Waals surface area contributed by atoms with Gasteiger partial charge < -0.3 is 25.4 Å². The molecule has 2 aromatic carbocycles. The summed E-state index contributed by atoms with van der Waals surface area (Å²) < 4.78 is 5.91. The fourth-order valence-electron chi connectivity index (χ4n) is 5.68. The number of benzene rings is 2. The largest absolute Gasteiger partial charge is 0.392 e. The van der Waals surface area contributed by atoms with Crippen LogP contribution in [0, 0.1) is 0 Å². The number of aliphatic hydroxyl groups excluding tert-OH is 1. The van der Waals surface area contributed by atoms with Crippen LogP contribution in [0.5, 0.6) is 0 Å². The first-order valence-corrected chi connectivity index (χ1v) is 13.6. The lowest BCUT2D eigenvalue weighted by molar-refractivity contribution is -0.140. The predicted octanol–water partition coefficient (Wildman–Crippen LogP) is 2.94. The van der Waals surface area contributed by atoms with E-state index < -0.39 is 12.1 Å². The van der Waals surface area contributed by atoms with E-state index in [1.165, 1.54) is 11.1 Å². The third-order valence-electron chi connectivity index (χ3n) is 7.78. The summed E-state index contributed by atoms with van der Waals surface area (Å²) in [7, 11) is 0. The molecule has 1 aliphatic carbocycles. The van der Waals surface area contributed by atoms with Crippen molar-refractivity contribution in [3.63, 3.8) is 0 Å². The smallest absolute Gasteiger partial charge is 0.247 e. The van der Waals surface area contributed by atoms with Gasteiger partial charge in [-0.05, 0) is 61.6 Å². The molecule has 7 nitrogen and oxygen atoms in total. The maximum atomic E-state index is 13.6. The number of piperidine rings is 1.